The van der Waals surface area contributed by atoms with Gasteiger partial charge < -0.3 is 4.98 Å². The SMILES string of the molecule is O=C(N/N=C/c1cccc(Br)c1)c1ccc2nc[nH]c2c1. The lowest BCUT2D eigenvalue weighted by Crippen LogP contribution is -2.17. The molecule has 0 unspecified atom stereocenters. The second-order valence-corrected chi connectivity index (χ2v) is 5.30. The van der Waals surface area contributed by atoms with Gasteiger partial charge in [-0.05, 0) is 35.9 Å². The summed E-state index contributed by atoms with van der Waals surface area (Å²) in [6.45, 7) is 0. The van der Waals surface area contributed by atoms with Crippen molar-refractivity contribution in [1.82, 2.24) is 15.4 Å². The zero-order valence-electron chi connectivity index (χ0n) is 10.9. The normalized spacial score (nSPS) is 11.1. The zero-order chi connectivity index (χ0) is 14.7. The largest absolute Gasteiger partial charge is 0.345 e. The van der Waals surface area contributed by atoms with Crippen molar-refractivity contribution in [3.8, 4) is 0 Å². The van der Waals surface area contributed by atoms with Gasteiger partial charge >= 0.3 is 0 Å². The van der Waals surface area contributed by atoms with Crippen molar-refractivity contribution in [3.05, 3.63) is 64.4 Å². The Balaban J connectivity index is 1.71. The van der Waals surface area contributed by atoms with Crippen LogP contribution in [-0.2, 0) is 0 Å². The maximum absolute atomic E-state index is 12.0. The number of aromatic amines is 1. The fraction of sp³-hybridized carbons (Fsp3) is 0. The Kier molecular flexibility index (Phi) is 3.79. The Bertz CT molecular complexity index is 825. The fourth-order valence-corrected chi connectivity index (χ4v) is 2.31. The summed E-state index contributed by atoms with van der Waals surface area (Å²) in [6, 6.07) is 12.9. The van der Waals surface area contributed by atoms with Gasteiger partial charge in [-0.1, -0.05) is 28.1 Å². The zero-order valence-corrected chi connectivity index (χ0v) is 12.5. The number of nitrogens with zero attached hydrogens (tertiary/aromatic N) is 2. The third-order valence-electron chi connectivity index (χ3n) is 2.91. The molecular weight excluding hydrogens is 332 g/mol. The van der Waals surface area contributed by atoms with Crippen molar-refractivity contribution in [3.63, 3.8) is 0 Å². The highest BCUT2D eigenvalue weighted by Crippen LogP contribution is 2.12. The van der Waals surface area contributed by atoms with Gasteiger partial charge in [-0.3, -0.25) is 4.79 Å². The van der Waals surface area contributed by atoms with Crippen molar-refractivity contribution in [1.29, 1.82) is 0 Å². The van der Waals surface area contributed by atoms with Gasteiger partial charge in [0.05, 0.1) is 23.6 Å². The van der Waals surface area contributed by atoms with Crippen molar-refractivity contribution in [2.45, 2.75) is 0 Å². The van der Waals surface area contributed by atoms with E-state index in [1.807, 2.05) is 24.3 Å². The van der Waals surface area contributed by atoms with E-state index in [2.05, 4.69) is 36.4 Å². The number of carbonyl (C=O) groups is 1. The Morgan fingerprint density at radius 2 is 2.19 bits per heavy atom. The maximum Gasteiger partial charge on any atom is 0.271 e. The molecule has 0 radical (unpaired) electrons. The molecule has 0 aliphatic heterocycles. The molecule has 0 atom stereocenters. The molecule has 2 aromatic carbocycles. The summed E-state index contributed by atoms with van der Waals surface area (Å²) in [5.41, 5.74) is 5.57. The lowest BCUT2D eigenvalue weighted by molar-refractivity contribution is 0.0955. The molecule has 1 aromatic heterocycles. The highest BCUT2D eigenvalue weighted by molar-refractivity contribution is 9.10. The number of H-pyrrole nitrogens is 1. The summed E-state index contributed by atoms with van der Waals surface area (Å²) in [5.74, 6) is -0.266. The van der Waals surface area contributed by atoms with Crippen LogP contribution in [0.4, 0.5) is 0 Å². The van der Waals surface area contributed by atoms with E-state index >= 15 is 0 Å². The molecule has 0 fully saturated rings. The Morgan fingerprint density at radius 1 is 1.29 bits per heavy atom. The number of rotatable bonds is 3. The minimum atomic E-state index is -0.266. The summed E-state index contributed by atoms with van der Waals surface area (Å²) in [5, 5.41) is 3.96. The van der Waals surface area contributed by atoms with Gasteiger partial charge in [-0.25, -0.2) is 10.4 Å². The molecule has 3 rings (SSSR count). The van der Waals surface area contributed by atoms with Crippen LogP contribution in [0.5, 0.6) is 0 Å². The minimum Gasteiger partial charge on any atom is -0.345 e. The van der Waals surface area contributed by atoms with Crippen LogP contribution < -0.4 is 5.43 Å². The van der Waals surface area contributed by atoms with Crippen molar-refractivity contribution in [2.75, 3.05) is 0 Å². The number of carbonyl (C=O) groups excluding carboxylic acids is 1. The Labute approximate surface area is 129 Å². The maximum atomic E-state index is 12.0. The van der Waals surface area contributed by atoms with E-state index in [4.69, 9.17) is 0 Å². The first-order valence-corrected chi connectivity index (χ1v) is 7.04. The summed E-state index contributed by atoms with van der Waals surface area (Å²) in [6.07, 6.45) is 3.19. The van der Waals surface area contributed by atoms with Crippen LogP contribution in [0.15, 0.2) is 58.4 Å². The number of hydrazone groups is 1. The molecule has 1 heterocycles. The van der Waals surface area contributed by atoms with Crippen LogP contribution in [0, 0.1) is 0 Å². The van der Waals surface area contributed by atoms with E-state index in [1.165, 1.54) is 0 Å². The van der Waals surface area contributed by atoms with Gasteiger partial charge in [0.25, 0.3) is 5.91 Å². The minimum absolute atomic E-state index is 0.266. The van der Waals surface area contributed by atoms with E-state index in [9.17, 15) is 4.79 Å². The molecule has 2 N–H and O–H groups in total. The Hall–Kier alpha value is -2.47. The highest BCUT2D eigenvalue weighted by Gasteiger charge is 2.06. The number of fused-ring (bicyclic) bond motifs is 1. The van der Waals surface area contributed by atoms with Gasteiger partial charge in [0, 0.05) is 10.0 Å². The molecule has 0 aliphatic carbocycles. The van der Waals surface area contributed by atoms with Crippen molar-refractivity contribution < 1.29 is 4.79 Å². The van der Waals surface area contributed by atoms with Gasteiger partial charge in [0.1, 0.15) is 0 Å². The molecule has 0 bridgehead atoms. The topological polar surface area (TPSA) is 70.1 Å². The molecule has 6 heteroatoms. The quantitative estimate of drug-likeness (QED) is 0.567. The standard InChI is InChI=1S/C15H11BrN4O/c16-12-3-1-2-10(6-12)8-19-20-15(21)11-4-5-13-14(7-11)18-9-17-13/h1-9H,(H,17,18)(H,20,21)/b19-8+. The van der Waals surface area contributed by atoms with E-state index < -0.39 is 0 Å². The number of hydrogen-bond acceptors (Lipinski definition) is 3. The number of nitrogens with one attached hydrogen (secondary N) is 2. The molecule has 3 aromatic rings. The number of amides is 1. The molecule has 0 saturated carbocycles. The Morgan fingerprint density at radius 3 is 3.05 bits per heavy atom. The molecule has 104 valence electrons. The molecule has 21 heavy (non-hydrogen) atoms. The third kappa shape index (κ3) is 3.17. The number of hydrogen-bond donors (Lipinski definition) is 2. The molecule has 0 saturated heterocycles. The molecular formula is C15H11BrN4O. The van der Waals surface area contributed by atoms with Gasteiger partial charge in [0.15, 0.2) is 0 Å². The second-order valence-electron chi connectivity index (χ2n) is 4.39. The first-order valence-electron chi connectivity index (χ1n) is 6.24. The molecule has 1 amide bonds. The van der Waals surface area contributed by atoms with Crippen LogP contribution in [0.25, 0.3) is 11.0 Å². The van der Waals surface area contributed by atoms with E-state index in [-0.39, 0.29) is 5.91 Å². The molecule has 5 nitrogen and oxygen atoms in total. The monoisotopic (exact) mass is 342 g/mol. The molecule has 0 spiro atoms. The lowest BCUT2D eigenvalue weighted by Gasteiger charge is -2.00. The van der Waals surface area contributed by atoms with E-state index in [0.717, 1.165) is 21.1 Å². The summed E-state index contributed by atoms with van der Waals surface area (Å²) in [7, 11) is 0. The van der Waals surface area contributed by atoms with E-state index in [0.29, 0.717) is 5.56 Å². The smallest absolute Gasteiger partial charge is 0.271 e. The first kappa shape index (κ1) is 13.5. The summed E-state index contributed by atoms with van der Waals surface area (Å²) >= 11 is 3.38. The van der Waals surface area contributed by atoms with Crippen LogP contribution >= 0.6 is 15.9 Å². The van der Waals surface area contributed by atoms with Gasteiger partial charge in [-0.15, -0.1) is 0 Å². The van der Waals surface area contributed by atoms with Crippen molar-refractivity contribution >= 4 is 39.1 Å². The number of halogens is 1. The van der Waals surface area contributed by atoms with Crippen LogP contribution in [0.3, 0.4) is 0 Å². The van der Waals surface area contributed by atoms with Crippen LogP contribution in [0.2, 0.25) is 0 Å². The number of imidazole rings is 1. The predicted molar refractivity (Wildman–Crippen MR) is 85.3 cm³/mol. The number of aromatic nitrogens is 2. The predicted octanol–water partition coefficient (Wildman–Crippen LogP) is 3.09. The highest BCUT2D eigenvalue weighted by atomic mass is 79.9. The van der Waals surface area contributed by atoms with Crippen LogP contribution in [-0.4, -0.2) is 22.1 Å². The van der Waals surface area contributed by atoms with Gasteiger partial charge in [-0.2, -0.15) is 5.10 Å². The fourth-order valence-electron chi connectivity index (χ4n) is 1.89. The summed E-state index contributed by atoms with van der Waals surface area (Å²) in [4.78, 5) is 19.1. The third-order valence-corrected chi connectivity index (χ3v) is 3.40. The average Bonchev–Trinajstić information content (AvgIpc) is 2.94. The van der Waals surface area contributed by atoms with E-state index in [1.54, 1.807) is 30.7 Å². The van der Waals surface area contributed by atoms with Gasteiger partial charge in [0.2, 0.25) is 0 Å². The molecule has 0 aliphatic rings. The number of benzene rings is 2. The first-order chi connectivity index (χ1) is 10.2. The lowest BCUT2D eigenvalue weighted by atomic mass is 10.2. The van der Waals surface area contributed by atoms with Crippen molar-refractivity contribution in [2.24, 2.45) is 5.10 Å². The average molecular weight is 343 g/mol. The van der Waals surface area contributed by atoms with Crippen LogP contribution in [0.1, 0.15) is 15.9 Å². The summed E-state index contributed by atoms with van der Waals surface area (Å²) < 4.78 is 0.961. The second kappa shape index (κ2) is 5.88.